The second-order valence-corrected chi connectivity index (χ2v) is 12.3. The molecule has 0 aromatic heterocycles. The Labute approximate surface area is 250 Å². The van der Waals surface area contributed by atoms with Crippen LogP contribution in [0.15, 0.2) is 64.5 Å². The third-order valence-electron chi connectivity index (χ3n) is 4.93. The molecule has 0 bridgehead atoms. The first-order valence-electron chi connectivity index (χ1n) is 10.7. The van der Waals surface area contributed by atoms with Crippen molar-refractivity contribution in [3.05, 3.63) is 86.9 Å². The fraction of sp³-hybridized carbons (Fsp3) is 0.154. The Kier molecular flexibility index (Phi) is 9.38. The number of ether oxygens (including phenoxy) is 2. The summed E-state index contributed by atoms with van der Waals surface area (Å²) in [6.45, 7) is 4.91. The van der Waals surface area contributed by atoms with Gasteiger partial charge in [0.1, 0.15) is 6.61 Å². The van der Waals surface area contributed by atoms with Crippen LogP contribution in [0.5, 0.6) is 11.5 Å². The highest BCUT2D eigenvalue weighted by atomic mass is 127. The summed E-state index contributed by atoms with van der Waals surface area (Å²) in [5.74, 6) is 1.20. The summed E-state index contributed by atoms with van der Waals surface area (Å²) in [5.41, 5.74) is 3.87. The molecule has 4 rings (SSSR count). The van der Waals surface area contributed by atoms with Gasteiger partial charge in [0.05, 0.1) is 20.8 Å². The van der Waals surface area contributed by atoms with Gasteiger partial charge in [0.2, 0.25) is 0 Å². The molecule has 1 saturated heterocycles. The van der Waals surface area contributed by atoms with Crippen LogP contribution in [-0.4, -0.2) is 17.7 Å². The highest BCUT2D eigenvalue weighted by molar-refractivity contribution is 14.1. The average molecular weight is 822 g/mol. The number of hydrogen-bond acceptors (Lipinski definition) is 5. The predicted octanol–water partition coefficient (Wildman–Crippen LogP) is 7.68. The average Bonchev–Trinajstić information content (AvgIpc) is 3.14. The van der Waals surface area contributed by atoms with E-state index in [4.69, 9.17) is 9.47 Å². The van der Waals surface area contributed by atoms with E-state index >= 15 is 0 Å². The van der Waals surface area contributed by atoms with E-state index < -0.39 is 0 Å². The highest BCUT2D eigenvalue weighted by Crippen LogP contribution is 2.37. The largest absolute Gasteiger partial charge is 0.490 e. The van der Waals surface area contributed by atoms with Crippen molar-refractivity contribution in [2.45, 2.75) is 20.5 Å². The van der Waals surface area contributed by atoms with Gasteiger partial charge in [0, 0.05) is 7.14 Å². The van der Waals surface area contributed by atoms with Crippen LogP contribution in [0.4, 0.5) is 5.69 Å². The smallest absolute Gasteiger partial charge is 0.264 e. The van der Waals surface area contributed by atoms with Gasteiger partial charge in [-0.15, -0.1) is 0 Å². The Hall–Kier alpha value is -1.32. The second-order valence-electron chi connectivity index (χ2n) is 7.59. The van der Waals surface area contributed by atoms with Gasteiger partial charge in [0.15, 0.2) is 16.7 Å². The minimum atomic E-state index is -0.163. The van der Waals surface area contributed by atoms with E-state index in [-0.39, 0.29) is 5.91 Å². The first kappa shape index (κ1) is 26.7. The molecule has 0 atom stereocenters. The summed E-state index contributed by atoms with van der Waals surface area (Å²) >= 11 is 8.15. The quantitative estimate of drug-likeness (QED) is 0.197. The molecule has 1 heterocycles. The molecule has 9 heteroatoms. The van der Waals surface area contributed by atoms with Crippen molar-refractivity contribution < 1.29 is 14.3 Å². The van der Waals surface area contributed by atoms with E-state index in [1.54, 1.807) is 0 Å². The number of nitrogens with one attached hydrogen (secondary N) is 1. The highest BCUT2D eigenvalue weighted by Gasteiger charge is 2.24. The number of nitrogens with zero attached hydrogens (tertiary/aromatic N) is 1. The molecule has 35 heavy (non-hydrogen) atoms. The summed E-state index contributed by atoms with van der Waals surface area (Å²) in [4.78, 5) is 17.8. The molecular weight excluding hydrogens is 801 g/mol. The van der Waals surface area contributed by atoms with Crippen LogP contribution >= 0.6 is 79.5 Å². The summed E-state index contributed by atoms with van der Waals surface area (Å²) in [5, 5.41) is 3.44. The molecule has 0 spiro atoms. The fourth-order valence-electron chi connectivity index (χ4n) is 3.34. The van der Waals surface area contributed by atoms with Crippen molar-refractivity contribution in [3.8, 4) is 11.5 Å². The Bertz CT molecular complexity index is 1340. The Morgan fingerprint density at radius 3 is 2.57 bits per heavy atom. The molecule has 0 radical (unpaired) electrons. The molecule has 1 amide bonds. The number of hydrogen-bond donors (Lipinski definition) is 1. The second kappa shape index (κ2) is 12.3. The standard InChI is InChI=1S/C26H21I3N2O3S/c1-3-33-22-12-17(11-20(29)24(22)34-14-16-5-4-6-18(27)10-16)13-23-25(32)31-26(35-23)30-21-8-7-19(28)9-15(21)2/h4-13H,3,14H2,1-2H3,(H,30,31,32). The Morgan fingerprint density at radius 2 is 1.83 bits per heavy atom. The summed E-state index contributed by atoms with van der Waals surface area (Å²) in [6.07, 6.45) is 1.86. The zero-order valence-electron chi connectivity index (χ0n) is 18.9. The maximum absolute atomic E-state index is 12.6. The van der Waals surface area contributed by atoms with Crippen LogP contribution < -0.4 is 14.8 Å². The number of amidine groups is 1. The maximum Gasteiger partial charge on any atom is 0.264 e. The minimum absolute atomic E-state index is 0.163. The molecule has 180 valence electrons. The molecule has 1 fully saturated rings. The third-order valence-corrected chi connectivity index (χ3v) is 7.99. The van der Waals surface area contributed by atoms with Gasteiger partial charge in [-0.3, -0.25) is 4.79 Å². The number of amides is 1. The van der Waals surface area contributed by atoms with E-state index in [0.717, 1.165) is 33.1 Å². The molecule has 0 saturated carbocycles. The molecule has 3 aromatic carbocycles. The normalized spacial score (nSPS) is 15.5. The maximum atomic E-state index is 12.6. The predicted molar refractivity (Wildman–Crippen MR) is 169 cm³/mol. The van der Waals surface area contributed by atoms with E-state index in [2.05, 4.69) is 96.3 Å². The topological polar surface area (TPSA) is 59.9 Å². The number of benzene rings is 3. The molecule has 1 aliphatic rings. The number of rotatable bonds is 7. The lowest BCUT2D eigenvalue weighted by atomic mass is 10.2. The van der Waals surface area contributed by atoms with Gasteiger partial charge in [-0.25, -0.2) is 4.99 Å². The molecular formula is C26H21I3N2O3S. The molecule has 0 aliphatic carbocycles. The van der Waals surface area contributed by atoms with Gasteiger partial charge in [0.25, 0.3) is 5.91 Å². The SMILES string of the molecule is CCOc1cc(C=C2SC(=Nc3ccc(I)cc3C)NC2=O)cc(I)c1OCc1cccc(I)c1. The number of thioether (sulfide) groups is 1. The Morgan fingerprint density at radius 1 is 1.03 bits per heavy atom. The van der Waals surface area contributed by atoms with Gasteiger partial charge >= 0.3 is 0 Å². The van der Waals surface area contributed by atoms with E-state index in [1.165, 1.54) is 11.8 Å². The lowest BCUT2D eigenvalue weighted by molar-refractivity contribution is -0.115. The number of halogens is 3. The number of carbonyl (C=O) groups is 1. The fourth-order valence-corrected chi connectivity index (χ4v) is 6.21. The van der Waals surface area contributed by atoms with Crippen LogP contribution in [0.1, 0.15) is 23.6 Å². The van der Waals surface area contributed by atoms with Gasteiger partial charge in [-0.2, -0.15) is 0 Å². The molecule has 1 N–H and O–H groups in total. The van der Waals surface area contributed by atoms with Crippen LogP contribution in [0.3, 0.4) is 0 Å². The van der Waals surface area contributed by atoms with Crippen LogP contribution in [0.25, 0.3) is 6.08 Å². The summed E-state index contributed by atoms with van der Waals surface area (Å²) in [7, 11) is 0. The Balaban J connectivity index is 1.56. The summed E-state index contributed by atoms with van der Waals surface area (Å²) < 4.78 is 15.3. The lowest BCUT2D eigenvalue weighted by Crippen LogP contribution is -2.19. The van der Waals surface area contributed by atoms with E-state index in [9.17, 15) is 4.79 Å². The molecule has 5 nitrogen and oxygen atoms in total. The van der Waals surface area contributed by atoms with Crippen LogP contribution in [-0.2, 0) is 11.4 Å². The number of carbonyl (C=O) groups excluding carboxylic acids is 1. The molecule has 0 unspecified atom stereocenters. The number of aryl methyl sites for hydroxylation is 1. The van der Waals surface area contributed by atoms with Crippen molar-refractivity contribution in [3.63, 3.8) is 0 Å². The van der Waals surface area contributed by atoms with Crippen molar-refractivity contribution in [1.29, 1.82) is 0 Å². The lowest BCUT2D eigenvalue weighted by Gasteiger charge is -2.15. The van der Waals surface area contributed by atoms with Crippen molar-refractivity contribution in [2.24, 2.45) is 4.99 Å². The first-order chi connectivity index (χ1) is 16.8. The zero-order valence-corrected chi connectivity index (χ0v) is 26.2. The van der Waals surface area contributed by atoms with E-state index in [0.29, 0.717) is 34.8 Å². The summed E-state index contributed by atoms with van der Waals surface area (Å²) in [6, 6.07) is 18.1. The van der Waals surface area contributed by atoms with Crippen molar-refractivity contribution >= 4 is 102 Å². The van der Waals surface area contributed by atoms with E-state index in [1.807, 2.05) is 56.3 Å². The van der Waals surface area contributed by atoms with Crippen LogP contribution in [0.2, 0.25) is 0 Å². The van der Waals surface area contributed by atoms with Crippen LogP contribution in [0, 0.1) is 17.6 Å². The molecule has 1 aliphatic heterocycles. The van der Waals surface area contributed by atoms with Gasteiger partial charge in [-0.05, 0) is 159 Å². The van der Waals surface area contributed by atoms with Gasteiger partial charge in [-0.1, -0.05) is 12.1 Å². The third kappa shape index (κ3) is 7.13. The van der Waals surface area contributed by atoms with Crippen molar-refractivity contribution in [1.82, 2.24) is 5.32 Å². The van der Waals surface area contributed by atoms with Crippen molar-refractivity contribution in [2.75, 3.05) is 6.61 Å². The van der Waals surface area contributed by atoms with Gasteiger partial charge < -0.3 is 14.8 Å². The zero-order chi connectivity index (χ0) is 24.9. The molecule has 3 aromatic rings. The minimum Gasteiger partial charge on any atom is -0.490 e. The monoisotopic (exact) mass is 822 g/mol. The number of aliphatic imine (C=N–C) groups is 1. The first-order valence-corrected chi connectivity index (χ1v) is 14.8.